The zero-order valence-electron chi connectivity index (χ0n) is 10.1. The van der Waals surface area contributed by atoms with Crippen LogP contribution in [0.1, 0.15) is 17.3 Å². The van der Waals surface area contributed by atoms with E-state index in [2.05, 4.69) is 9.72 Å². The molecular formula is C11H14N2O5. The summed E-state index contributed by atoms with van der Waals surface area (Å²) in [7, 11) is 1.22. The maximum atomic E-state index is 12.0. The number of ether oxygens (including phenoxy) is 1. The summed E-state index contributed by atoms with van der Waals surface area (Å²) in [6.45, 7) is 1.76. The van der Waals surface area contributed by atoms with Gasteiger partial charge in [0.1, 0.15) is 6.54 Å². The molecule has 2 N–H and O–H groups in total. The van der Waals surface area contributed by atoms with Gasteiger partial charge >= 0.3 is 5.97 Å². The number of carbonyl (C=O) groups is 2. The lowest BCUT2D eigenvalue weighted by molar-refractivity contribution is -0.141. The van der Waals surface area contributed by atoms with Crippen molar-refractivity contribution in [1.29, 1.82) is 0 Å². The number of carbonyl (C=O) groups excluding carboxylic acids is 2. The predicted octanol–water partition coefficient (Wildman–Crippen LogP) is -0.284. The summed E-state index contributed by atoms with van der Waals surface area (Å²) in [5.74, 6) is -1.48. The molecular weight excluding hydrogens is 240 g/mol. The fraction of sp³-hybridized carbons (Fsp3) is 0.364. The van der Waals surface area contributed by atoms with E-state index in [-0.39, 0.29) is 18.7 Å². The molecule has 0 aromatic carbocycles. The Balaban J connectivity index is 2.96. The maximum absolute atomic E-state index is 12.0. The van der Waals surface area contributed by atoms with Crippen LogP contribution in [0.2, 0.25) is 0 Å². The smallest absolute Gasteiger partial charge is 0.325 e. The van der Waals surface area contributed by atoms with Gasteiger partial charge in [0.25, 0.3) is 11.5 Å². The van der Waals surface area contributed by atoms with Crippen LogP contribution in [0.3, 0.4) is 0 Å². The highest BCUT2D eigenvalue weighted by Crippen LogP contribution is 2.08. The molecule has 0 aliphatic rings. The third kappa shape index (κ3) is 3.34. The molecule has 1 aromatic heterocycles. The maximum Gasteiger partial charge on any atom is 0.325 e. The highest BCUT2D eigenvalue weighted by molar-refractivity contribution is 5.96. The molecule has 0 bridgehead atoms. The average Bonchev–Trinajstić information content (AvgIpc) is 2.33. The quantitative estimate of drug-likeness (QED) is 0.719. The van der Waals surface area contributed by atoms with Crippen molar-refractivity contribution in [2.45, 2.75) is 6.92 Å². The van der Waals surface area contributed by atoms with E-state index in [1.807, 2.05) is 0 Å². The predicted molar refractivity (Wildman–Crippen MR) is 62.3 cm³/mol. The van der Waals surface area contributed by atoms with Crippen LogP contribution < -0.4 is 5.56 Å². The van der Waals surface area contributed by atoms with E-state index in [4.69, 9.17) is 0 Å². The first kappa shape index (κ1) is 13.8. The van der Waals surface area contributed by atoms with Gasteiger partial charge in [0, 0.05) is 18.7 Å². The van der Waals surface area contributed by atoms with Crippen molar-refractivity contribution in [3.63, 3.8) is 0 Å². The fourth-order valence-corrected chi connectivity index (χ4v) is 1.38. The Morgan fingerprint density at radius 2 is 2.11 bits per heavy atom. The van der Waals surface area contributed by atoms with E-state index < -0.39 is 23.3 Å². The number of aromatic amines is 1. The third-order valence-corrected chi connectivity index (χ3v) is 2.29. The summed E-state index contributed by atoms with van der Waals surface area (Å²) in [5.41, 5.74) is -0.575. The van der Waals surface area contributed by atoms with E-state index in [1.54, 1.807) is 6.92 Å². The summed E-state index contributed by atoms with van der Waals surface area (Å²) >= 11 is 0. The normalized spacial score (nSPS) is 9.89. The number of hydrogen-bond acceptors (Lipinski definition) is 5. The lowest BCUT2D eigenvalue weighted by Gasteiger charge is -2.19. The third-order valence-electron chi connectivity index (χ3n) is 2.29. The zero-order chi connectivity index (χ0) is 13.7. The number of nitrogens with zero attached hydrogens (tertiary/aromatic N) is 1. The number of hydrogen-bond donors (Lipinski definition) is 2. The summed E-state index contributed by atoms with van der Waals surface area (Å²) in [6.07, 6.45) is 0. The minimum Gasteiger partial charge on any atom is -0.494 e. The first-order chi connectivity index (χ1) is 8.47. The lowest BCUT2D eigenvalue weighted by atomic mass is 10.2. The zero-order valence-corrected chi connectivity index (χ0v) is 10.1. The molecule has 0 aliphatic carbocycles. The van der Waals surface area contributed by atoms with Crippen molar-refractivity contribution in [2.24, 2.45) is 0 Å². The number of H-pyrrole nitrogens is 1. The van der Waals surface area contributed by atoms with Crippen LogP contribution in [-0.2, 0) is 9.53 Å². The van der Waals surface area contributed by atoms with Crippen LogP contribution >= 0.6 is 0 Å². The Bertz CT molecular complexity index is 508. The molecule has 0 unspecified atom stereocenters. The van der Waals surface area contributed by atoms with Crippen LogP contribution in [-0.4, -0.2) is 47.1 Å². The summed E-state index contributed by atoms with van der Waals surface area (Å²) in [5, 5.41) is 9.21. The van der Waals surface area contributed by atoms with E-state index in [0.29, 0.717) is 0 Å². The first-order valence-electron chi connectivity index (χ1n) is 5.27. The van der Waals surface area contributed by atoms with Crippen molar-refractivity contribution < 1.29 is 19.4 Å². The molecule has 0 atom stereocenters. The first-order valence-corrected chi connectivity index (χ1v) is 5.27. The van der Waals surface area contributed by atoms with Gasteiger partial charge in [-0.15, -0.1) is 0 Å². The van der Waals surface area contributed by atoms with Gasteiger partial charge in [-0.05, 0) is 6.92 Å². The van der Waals surface area contributed by atoms with Gasteiger partial charge in [0.15, 0.2) is 5.88 Å². The molecule has 1 rings (SSSR count). The van der Waals surface area contributed by atoms with Gasteiger partial charge in [-0.3, -0.25) is 19.4 Å². The number of amides is 1. The number of methoxy groups -OCH3 is 1. The highest BCUT2D eigenvalue weighted by Gasteiger charge is 2.18. The molecule has 1 aromatic rings. The lowest BCUT2D eigenvalue weighted by Crippen LogP contribution is -2.36. The summed E-state index contributed by atoms with van der Waals surface area (Å²) in [4.78, 5) is 37.6. The van der Waals surface area contributed by atoms with Crippen molar-refractivity contribution >= 4 is 11.9 Å². The van der Waals surface area contributed by atoms with Gasteiger partial charge in [-0.25, -0.2) is 0 Å². The highest BCUT2D eigenvalue weighted by atomic mass is 16.5. The van der Waals surface area contributed by atoms with Gasteiger partial charge in [0.05, 0.1) is 12.7 Å². The molecule has 1 amide bonds. The average molecular weight is 254 g/mol. The molecule has 0 fully saturated rings. The van der Waals surface area contributed by atoms with Crippen LogP contribution in [0.15, 0.2) is 16.9 Å². The van der Waals surface area contributed by atoms with E-state index in [9.17, 15) is 19.5 Å². The second-order valence-electron chi connectivity index (χ2n) is 3.51. The Hall–Kier alpha value is -2.31. The van der Waals surface area contributed by atoms with E-state index in [1.165, 1.54) is 12.0 Å². The number of nitrogens with one attached hydrogen (secondary N) is 1. The molecule has 0 saturated heterocycles. The standard InChI is InChI=1S/C11H14N2O5/c1-3-13(6-10(16)18-2)11(17)7-4-8(14)12-9(15)5-7/h4-5H,3,6H2,1-2H3,(H2,12,14,15). The fourth-order valence-electron chi connectivity index (χ4n) is 1.38. The molecule has 7 heteroatoms. The van der Waals surface area contributed by atoms with Crippen LogP contribution in [0.5, 0.6) is 5.88 Å². The number of likely N-dealkylation sites (N-methyl/N-ethyl adjacent to an activating group) is 1. The van der Waals surface area contributed by atoms with Crippen molar-refractivity contribution in [3.05, 3.63) is 28.0 Å². The monoisotopic (exact) mass is 254 g/mol. The topological polar surface area (TPSA) is 99.7 Å². The molecule has 0 radical (unpaired) electrons. The molecule has 7 nitrogen and oxygen atoms in total. The van der Waals surface area contributed by atoms with Crippen molar-refractivity contribution in [3.8, 4) is 5.88 Å². The molecule has 0 saturated carbocycles. The van der Waals surface area contributed by atoms with Gasteiger partial charge < -0.3 is 14.7 Å². The van der Waals surface area contributed by atoms with Crippen LogP contribution in [0.4, 0.5) is 0 Å². The molecule has 98 valence electrons. The largest absolute Gasteiger partial charge is 0.494 e. The van der Waals surface area contributed by atoms with Crippen molar-refractivity contribution in [2.75, 3.05) is 20.2 Å². The van der Waals surface area contributed by atoms with E-state index in [0.717, 1.165) is 12.1 Å². The minimum atomic E-state index is -0.590. The van der Waals surface area contributed by atoms with Gasteiger partial charge in [-0.1, -0.05) is 0 Å². The summed E-state index contributed by atoms with van der Waals surface area (Å²) < 4.78 is 4.47. The van der Waals surface area contributed by atoms with Gasteiger partial charge in [-0.2, -0.15) is 0 Å². The number of esters is 1. The SMILES string of the molecule is CCN(CC(=O)OC)C(=O)c1cc(O)[nH]c(=O)c1. The second kappa shape index (κ2) is 5.85. The molecule has 0 aliphatic heterocycles. The Labute approximate surface area is 103 Å². The number of aromatic hydroxyl groups is 1. The Morgan fingerprint density at radius 1 is 1.44 bits per heavy atom. The van der Waals surface area contributed by atoms with Crippen LogP contribution in [0.25, 0.3) is 0 Å². The molecule has 0 spiro atoms. The number of pyridine rings is 1. The van der Waals surface area contributed by atoms with Gasteiger partial charge in [0.2, 0.25) is 0 Å². The minimum absolute atomic E-state index is 0.0157. The van der Waals surface area contributed by atoms with Crippen LogP contribution in [0, 0.1) is 0 Å². The molecule has 1 heterocycles. The summed E-state index contributed by atoms with van der Waals surface area (Å²) in [6, 6.07) is 2.19. The van der Waals surface area contributed by atoms with E-state index >= 15 is 0 Å². The number of aromatic nitrogens is 1. The molecule has 18 heavy (non-hydrogen) atoms. The Morgan fingerprint density at radius 3 is 2.61 bits per heavy atom. The Kier molecular flexibility index (Phi) is 4.47. The van der Waals surface area contributed by atoms with Crippen molar-refractivity contribution in [1.82, 2.24) is 9.88 Å². The second-order valence-corrected chi connectivity index (χ2v) is 3.51. The number of rotatable bonds is 4.